The van der Waals surface area contributed by atoms with Gasteiger partial charge in [0.1, 0.15) is 5.76 Å². The lowest BCUT2D eigenvalue weighted by Gasteiger charge is -2.02. The Kier molecular flexibility index (Phi) is 2.37. The highest BCUT2D eigenvalue weighted by Gasteiger charge is 2.08. The normalized spacial score (nSPS) is 10.9. The smallest absolute Gasteiger partial charge is 0.335 e. The van der Waals surface area contributed by atoms with Gasteiger partial charge in [-0.05, 0) is 30.3 Å². The number of carbonyl (C=O) groups is 1. The maximum atomic E-state index is 10.9. The summed E-state index contributed by atoms with van der Waals surface area (Å²) in [6, 6.07) is 8.56. The summed E-state index contributed by atoms with van der Waals surface area (Å²) >= 11 is 0. The van der Waals surface area contributed by atoms with Crippen LogP contribution in [0.4, 0.5) is 0 Å². The highest BCUT2D eigenvalue weighted by molar-refractivity contribution is 5.92. The van der Waals surface area contributed by atoms with Crippen molar-refractivity contribution < 1.29 is 14.3 Å². The number of rotatable bonds is 3. The van der Waals surface area contributed by atoms with Crippen molar-refractivity contribution in [1.82, 2.24) is 9.55 Å². The summed E-state index contributed by atoms with van der Waals surface area (Å²) in [5, 5.41) is 8.98. The number of furan rings is 1. The monoisotopic (exact) mass is 242 g/mol. The molecule has 1 N–H and O–H groups in total. The molecule has 0 atom stereocenters. The van der Waals surface area contributed by atoms with E-state index in [1.807, 2.05) is 16.7 Å². The van der Waals surface area contributed by atoms with Gasteiger partial charge in [0.25, 0.3) is 0 Å². The minimum Gasteiger partial charge on any atom is -0.478 e. The summed E-state index contributed by atoms with van der Waals surface area (Å²) in [6.45, 7) is 0.534. The molecule has 18 heavy (non-hydrogen) atoms. The maximum absolute atomic E-state index is 10.9. The summed E-state index contributed by atoms with van der Waals surface area (Å²) in [6.07, 6.45) is 3.29. The Morgan fingerprint density at radius 3 is 3.00 bits per heavy atom. The van der Waals surface area contributed by atoms with E-state index >= 15 is 0 Å². The van der Waals surface area contributed by atoms with Gasteiger partial charge in [-0.1, -0.05) is 0 Å². The van der Waals surface area contributed by atoms with Gasteiger partial charge in [-0.15, -0.1) is 0 Å². The summed E-state index contributed by atoms with van der Waals surface area (Å²) in [4.78, 5) is 15.2. The molecule has 3 rings (SSSR count). The third-order valence-corrected chi connectivity index (χ3v) is 2.77. The fraction of sp³-hybridized carbons (Fsp3) is 0.0769. The quantitative estimate of drug-likeness (QED) is 0.765. The van der Waals surface area contributed by atoms with Crippen molar-refractivity contribution in [3.8, 4) is 0 Å². The van der Waals surface area contributed by atoms with E-state index in [0.717, 1.165) is 16.8 Å². The van der Waals surface area contributed by atoms with E-state index in [4.69, 9.17) is 9.52 Å². The molecule has 0 amide bonds. The van der Waals surface area contributed by atoms with Crippen LogP contribution in [0.2, 0.25) is 0 Å². The van der Waals surface area contributed by atoms with Gasteiger partial charge in [-0.25, -0.2) is 9.78 Å². The number of benzene rings is 1. The lowest BCUT2D eigenvalue weighted by atomic mass is 10.2. The first-order valence-corrected chi connectivity index (χ1v) is 5.44. The second-order valence-electron chi connectivity index (χ2n) is 3.96. The van der Waals surface area contributed by atoms with Gasteiger partial charge in [0.05, 0.1) is 35.7 Å². The van der Waals surface area contributed by atoms with Crippen molar-refractivity contribution in [3.05, 3.63) is 54.2 Å². The molecule has 5 nitrogen and oxygen atoms in total. The standard InChI is InChI=1S/C13H10N2O3/c16-13(17)9-3-4-11-12(6-9)15(8-14-11)7-10-2-1-5-18-10/h1-6,8H,7H2,(H,16,17). The van der Waals surface area contributed by atoms with Crippen LogP contribution in [0, 0.1) is 0 Å². The number of aromatic carboxylic acids is 1. The molecule has 0 unspecified atom stereocenters. The molecule has 0 saturated carbocycles. The third kappa shape index (κ3) is 1.75. The average molecular weight is 242 g/mol. The second kappa shape index (κ2) is 4.03. The van der Waals surface area contributed by atoms with Crippen LogP contribution in [-0.4, -0.2) is 20.6 Å². The number of aromatic nitrogens is 2. The minimum absolute atomic E-state index is 0.253. The molecule has 3 aromatic rings. The molecular weight excluding hydrogens is 232 g/mol. The summed E-state index contributed by atoms with van der Waals surface area (Å²) in [5.41, 5.74) is 1.81. The van der Waals surface area contributed by atoms with E-state index in [-0.39, 0.29) is 5.56 Å². The molecule has 2 heterocycles. The number of hydrogen-bond donors (Lipinski definition) is 1. The predicted octanol–water partition coefficient (Wildman–Crippen LogP) is 2.38. The molecule has 2 aromatic heterocycles. The van der Waals surface area contributed by atoms with Crippen molar-refractivity contribution in [2.24, 2.45) is 0 Å². The second-order valence-corrected chi connectivity index (χ2v) is 3.96. The van der Waals surface area contributed by atoms with Crippen LogP contribution >= 0.6 is 0 Å². The van der Waals surface area contributed by atoms with Crippen molar-refractivity contribution in [3.63, 3.8) is 0 Å². The summed E-state index contributed by atoms with van der Waals surface area (Å²) < 4.78 is 7.13. The van der Waals surface area contributed by atoms with E-state index in [1.54, 1.807) is 30.8 Å². The zero-order valence-corrected chi connectivity index (χ0v) is 9.41. The molecule has 5 heteroatoms. The van der Waals surface area contributed by atoms with Crippen LogP contribution in [0.3, 0.4) is 0 Å². The highest BCUT2D eigenvalue weighted by atomic mass is 16.4. The van der Waals surface area contributed by atoms with Gasteiger partial charge >= 0.3 is 5.97 Å². The summed E-state index contributed by atoms with van der Waals surface area (Å²) in [7, 11) is 0. The highest BCUT2D eigenvalue weighted by Crippen LogP contribution is 2.16. The Labute approximate surface area is 102 Å². The lowest BCUT2D eigenvalue weighted by Crippen LogP contribution is -1.99. The Hall–Kier alpha value is -2.56. The topological polar surface area (TPSA) is 68.3 Å². The minimum atomic E-state index is -0.942. The molecule has 90 valence electrons. The molecule has 1 aromatic carbocycles. The van der Waals surface area contributed by atoms with E-state index < -0.39 is 5.97 Å². The first kappa shape index (κ1) is 10.6. The number of imidazole rings is 1. The predicted molar refractivity (Wildman–Crippen MR) is 64.5 cm³/mol. The van der Waals surface area contributed by atoms with E-state index in [9.17, 15) is 4.79 Å². The Morgan fingerprint density at radius 2 is 2.28 bits per heavy atom. The van der Waals surface area contributed by atoms with Crippen LogP contribution in [0.25, 0.3) is 11.0 Å². The first-order chi connectivity index (χ1) is 8.74. The molecule has 0 bridgehead atoms. The van der Waals surface area contributed by atoms with Gasteiger partial charge in [-0.2, -0.15) is 0 Å². The number of carboxylic acids is 1. The largest absolute Gasteiger partial charge is 0.478 e. The lowest BCUT2D eigenvalue weighted by molar-refractivity contribution is 0.0697. The number of nitrogens with zero attached hydrogens (tertiary/aromatic N) is 2. The Morgan fingerprint density at radius 1 is 1.39 bits per heavy atom. The molecule has 0 spiro atoms. The third-order valence-electron chi connectivity index (χ3n) is 2.77. The molecular formula is C13H10N2O3. The fourth-order valence-electron chi connectivity index (χ4n) is 1.89. The first-order valence-electron chi connectivity index (χ1n) is 5.44. The van der Waals surface area contributed by atoms with Crippen LogP contribution in [-0.2, 0) is 6.54 Å². The van der Waals surface area contributed by atoms with E-state index in [2.05, 4.69) is 4.98 Å². The number of carboxylic acid groups (broad SMARTS) is 1. The van der Waals surface area contributed by atoms with Crippen molar-refractivity contribution >= 4 is 17.0 Å². The van der Waals surface area contributed by atoms with Crippen LogP contribution in [0.1, 0.15) is 16.1 Å². The average Bonchev–Trinajstić information content (AvgIpc) is 2.99. The fourth-order valence-corrected chi connectivity index (χ4v) is 1.89. The van der Waals surface area contributed by atoms with Crippen LogP contribution < -0.4 is 0 Å². The molecule has 0 aliphatic heterocycles. The van der Waals surface area contributed by atoms with E-state index in [0.29, 0.717) is 6.54 Å². The van der Waals surface area contributed by atoms with E-state index in [1.165, 1.54) is 0 Å². The molecule has 0 aliphatic rings. The Bertz CT molecular complexity index is 698. The maximum Gasteiger partial charge on any atom is 0.335 e. The SMILES string of the molecule is O=C(O)c1ccc2ncn(Cc3ccco3)c2c1. The molecule has 0 fully saturated rings. The zero-order valence-electron chi connectivity index (χ0n) is 9.41. The number of hydrogen-bond acceptors (Lipinski definition) is 3. The molecule has 0 radical (unpaired) electrons. The molecule has 0 aliphatic carbocycles. The van der Waals surface area contributed by atoms with Crippen LogP contribution in [0.5, 0.6) is 0 Å². The van der Waals surface area contributed by atoms with Gasteiger partial charge in [0.15, 0.2) is 0 Å². The molecule has 0 saturated heterocycles. The Balaban J connectivity index is 2.06. The van der Waals surface area contributed by atoms with Crippen molar-refractivity contribution in [1.29, 1.82) is 0 Å². The van der Waals surface area contributed by atoms with Gasteiger partial charge in [0, 0.05) is 0 Å². The summed E-state index contributed by atoms with van der Waals surface area (Å²) in [5.74, 6) is -0.141. The zero-order chi connectivity index (χ0) is 12.5. The van der Waals surface area contributed by atoms with Gasteiger partial charge in [0.2, 0.25) is 0 Å². The van der Waals surface area contributed by atoms with Crippen LogP contribution in [0.15, 0.2) is 47.3 Å². The number of fused-ring (bicyclic) bond motifs is 1. The van der Waals surface area contributed by atoms with Crippen molar-refractivity contribution in [2.75, 3.05) is 0 Å². The van der Waals surface area contributed by atoms with Gasteiger partial charge < -0.3 is 14.1 Å². The van der Waals surface area contributed by atoms with Gasteiger partial charge in [-0.3, -0.25) is 0 Å². The van der Waals surface area contributed by atoms with Crippen molar-refractivity contribution in [2.45, 2.75) is 6.54 Å².